The number of nitrogens with one attached hydrogen (secondary N) is 1. The third-order valence-electron chi connectivity index (χ3n) is 4.35. The zero-order valence-corrected chi connectivity index (χ0v) is 12.3. The fourth-order valence-corrected chi connectivity index (χ4v) is 4.98. The Hall–Kier alpha value is -0.810. The highest BCUT2D eigenvalue weighted by Crippen LogP contribution is 2.47. The van der Waals surface area contributed by atoms with Crippen LogP contribution < -0.4 is 5.32 Å². The van der Waals surface area contributed by atoms with Crippen LogP contribution >= 0.6 is 0 Å². The van der Waals surface area contributed by atoms with E-state index in [4.69, 9.17) is 4.42 Å². The Morgan fingerprint density at radius 2 is 2.21 bits per heavy atom. The van der Waals surface area contributed by atoms with Crippen LogP contribution in [0.4, 0.5) is 0 Å². The van der Waals surface area contributed by atoms with Gasteiger partial charge in [0.1, 0.15) is 11.5 Å². The lowest BCUT2D eigenvalue weighted by Crippen LogP contribution is -2.42. The van der Waals surface area contributed by atoms with Crippen molar-refractivity contribution < 1.29 is 12.8 Å². The highest BCUT2D eigenvalue weighted by molar-refractivity contribution is 7.91. The molecule has 0 amide bonds. The van der Waals surface area contributed by atoms with E-state index in [0.717, 1.165) is 17.4 Å². The number of hydrogen-bond donors (Lipinski definition) is 1. The van der Waals surface area contributed by atoms with Crippen LogP contribution in [0.15, 0.2) is 16.5 Å². The zero-order valence-electron chi connectivity index (χ0n) is 11.5. The molecule has 106 valence electrons. The molecular weight excluding hydrogens is 262 g/mol. The van der Waals surface area contributed by atoms with Gasteiger partial charge in [-0.05, 0) is 37.8 Å². The maximum absolute atomic E-state index is 11.5. The molecule has 0 spiro atoms. The van der Waals surface area contributed by atoms with E-state index in [9.17, 15) is 8.42 Å². The summed E-state index contributed by atoms with van der Waals surface area (Å²) in [5.74, 6) is 3.83. The first kappa shape index (κ1) is 13.2. The summed E-state index contributed by atoms with van der Waals surface area (Å²) >= 11 is 0. The van der Waals surface area contributed by atoms with Crippen LogP contribution in [-0.2, 0) is 16.4 Å². The molecule has 1 aliphatic heterocycles. The molecular formula is C14H21NO3S. The van der Waals surface area contributed by atoms with E-state index >= 15 is 0 Å². The first-order chi connectivity index (χ1) is 8.87. The predicted molar refractivity (Wildman–Crippen MR) is 73.7 cm³/mol. The molecule has 1 aromatic rings. The van der Waals surface area contributed by atoms with Crippen molar-refractivity contribution in [3.8, 4) is 0 Å². The SMILES string of the molecule is CC1CC1c1ccc(CNC2(C)CCS(=O)(=O)C2)o1. The summed E-state index contributed by atoms with van der Waals surface area (Å²) in [6.07, 6.45) is 1.90. The highest BCUT2D eigenvalue weighted by Gasteiger charge is 2.38. The molecule has 2 fully saturated rings. The lowest BCUT2D eigenvalue weighted by atomic mass is 10.0. The maximum atomic E-state index is 11.5. The van der Waals surface area contributed by atoms with Gasteiger partial charge in [0, 0.05) is 11.5 Å². The van der Waals surface area contributed by atoms with E-state index in [1.54, 1.807) is 0 Å². The van der Waals surface area contributed by atoms with E-state index in [0.29, 0.717) is 24.6 Å². The largest absolute Gasteiger partial charge is 0.464 e. The molecule has 3 atom stereocenters. The van der Waals surface area contributed by atoms with E-state index in [-0.39, 0.29) is 11.3 Å². The first-order valence-electron chi connectivity index (χ1n) is 6.91. The average Bonchev–Trinajstić information content (AvgIpc) is 2.77. The van der Waals surface area contributed by atoms with Gasteiger partial charge in [-0.15, -0.1) is 0 Å². The molecule has 0 radical (unpaired) electrons. The molecule has 0 aromatic carbocycles. The second-order valence-corrected chi connectivity index (χ2v) is 8.56. The fraction of sp³-hybridized carbons (Fsp3) is 0.714. The van der Waals surface area contributed by atoms with Gasteiger partial charge in [0.25, 0.3) is 0 Å². The molecule has 5 heteroatoms. The fourth-order valence-electron chi connectivity index (χ4n) is 2.86. The van der Waals surface area contributed by atoms with Crippen molar-refractivity contribution >= 4 is 9.84 Å². The molecule has 1 aliphatic carbocycles. The quantitative estimate of drug-likeness (QED) is 0.919. The molecule has 3 unspecified atom stereocenters. The van der Waals surface area contributed by atoms with Gasteiger partial charge in [0.05, 0.1) is 18.1 Å². The van der Waals surface area contributed by atoms with Crippen LogP contribution in [0, 0.1) is 5.92 Å². The molecule has 3 rings (SSSR count). The summed E-state index contributed by atoms with van der Waals surface area (Å²) in [6, 6.07) is 4.05. The molecule has 1 N–H and O–H groups in total. The van der Waals surface area contributed by atoms with E-state index in [1.165, 1.54) is 6.42 Å². The lowest BCUT2D eigenvalue weighted by Gasteiger charge is -2.23. The van der Waals surface area contributed by atoms with Crippen molar-refractivity contribution in [1.82, 2.24) is 5.32 Å². The van der Waals surface area contributed by atoms with Crippen molar-refractivity contribution in [2.24, 2.45) is 5.92 Å². The van der Waals surface area contributed by atoms with Crippen molar-refractivity contribution in [2.75, 3.05) is 11.5 Å². The second kappa shape index (κ2) is 4.35. The Balaban J connectivity index is 1.59. The Morgan fingerprint density at radius 1 is 1.47 bits per heavy atom. The van der Waals surface area contributed by atoms with Crippen LogP contribution in [0.1, 0.15) is 44.1 Å². The summed E-state index contributed by atoms with van der Waals surface area (Å²) in [4.78, 5) is 0. The minimum Gasteiger partial charge on any atom is -0.464 e. The first-order valence-corrected chi connectivity index (χ1v) is 8.73. The molecule has 1 saturated carbocycles. The highest BCUT2D eigenvalue weighted by atomic mass is 32.2. The zero-order chi connectivity index (χ0) is 13.7. The predicted octanol–water partition coefficient (Wildman–Crippen LogP) is 2.07. The Bertz CT molecular complexity index is 577. The number of hydrogen-bond acceptors (Lipinski definition) is 4. The van der Waals surface area contributed by atoms with Crippen molar-refractivity contribution in [3.63, 3.8) is 0 Å². The van der Waals surface area contributed by atoms with Crippen molar-refractivity contribution in [2.45, 2.75) is 44.7 Å². The van der Waals surface area contributed by atoms with Crippen molar-refractivity contribution in [3.05, 3.63) is 23.7 Å². The van der Waals surface area contributed by atoms with Gasteiger partial charge in [-0.3, -0.25) is 0 Å². The van der Waals surface area contributed by atoms with Crippen LogP contribution in [0.3, 0.4) is 0 Å². The topological polar surface area (TPSA) is 59.3 Å². The van der Waals surface area contributed by atoms with Gasteiger partial charge >= 0.3 is 0 Å². The molecule has 2 heterocycles. The minimum atomic E-state index is -2.86. The smallest absolute Gasteiger partial charge is 0.152 e. The van der Waals surface area contributed by atoms with Crippen LogP contribution in [-0.4, -0.2) is 25.5 Å². The number of sulfone groups is 1. The average molecular weight is 283 g/mol. The molecule has 0 bridgehead atoms. The van der Waals surface area contributed by atoms with Crippen LogP contribution in [0.5, 0.6) is 0 Å². The number of rotatable bonds is 4. The van der Waals surface area contributed by atoms with Gasteiger partial charge < -0.3 is 9.73 Å². The molecule has 1 saturated heterocycles. The van der Waals surface area contributed by atoms with Gasteiger partial charge in [0.15, 0.2) is 9.84 Å². The summed E-state index contributed by atoms with van der Waals surface area (Å²) < 4.78 is 28.9. The Morgan fingerprint density at radius 3 is 2.79 bits per heavy atom. The van der Waals surface area contributed by atoms with Gasteiger partial charge in [0.2, 0.25) is 0 Å². The molecule has 2 aliphatic rings. The Labute approximate surface area is 114 Å². The maximum Gasteiger partial charge on any atom is 0.152 e. The van der Waals surface area contributed by atoms with Crippen LogP contribution in [0.25, 0.3) is 0 Å². The second-order valence-electron chi connectivity index (χ2n) is 6.38. The van der Waals surface area contributed by atoms with Crippen molar-refractivity contribution in [1.29, 1.82) is 0 Å². The van der Waals surface area contributed by atoms with Gasteiger partial charge in [-0.2, -0.15) is 0 Å². The summed E-state index contributed by atoms with van der Waals surface area (Å²) in [7, 11) is -2.86. The van der Waals surface area contributed by atoms with E-state index < -0.39 is 9.84 Å². The normalized spacial score (nSPS) is 36.5. The van der Waals surface area contributed by atoms with Gasteiger partial charge in [-0.1, -0.05) is 6.92 Å². The van der Waals surface area contributed by atoms with E-state index in [2.05, 4.69) is 18.3 Å². The monoisotopic (exact) mass is 283 g/mol. The summed E-state index contributed by atoms with van der Waals surface area (Å²) in [6.45, 7) is 4.81. The third-order valence-corrected chi connectivity index (χ3v) is 6.25. The summed E-state index contributed by atoms with van der Waals surface area (Å²) in [5, 5.41) is 3.34. The third kappa shape index (κ3) is 2.87. The summed E-state index contributed by atoms with van der Waals surface area (Å²) in [5.41, 5.74) is -0.307. The standard InChI is InChI=1S/C14H21NO3S/c1-10-7-12(10)13-4-3-11(18-13)8-15-14(2)5-6-19(16,17)9-14/h3-4,10,12,15H,5-9H2,1-2H3. The van der Waals surface area contributed by atoms with Gasteiger partial charge in [-0.25, -0.2) is 8.42 Å². The minimum absolute atomic E-state index is 0.229. The number of furan rings is 1. The lowest BCUT2D eigenvalue weighted by molar-refractivity contribution is 0.361. The molecule has 19 heavy (non-hydrogen) atoms. The molecule has 1 aromatic heterocycles. The van der Waals surface area contributed by atoms with E-state index in [1.807, 2.05) is 13.0 Å². The van der Waals surface area contributed by atoms with Crippen LogP contribution in [0.2, 0.25) is 0 Å². The Kier molecular flexibility index (Phi) is 3.02. The molecule has 4 nitrogen and oxygen atoms in total.